The van der Waals surface area contributed by atoms with Gasteiger partial charge in [0.15, 0.2) is 6.04 Å². The molecule has 0 aliphatic heterocycles. The highest BCUT2D eigenvalue weighted by atomic mass is 32.1. The zero-order valence-electron chi connectivity index (χ0n) is 11.2. The Morgan fingerprint density at radius 3 is 2.62 bits per heavy atom. The molecule has 2 aromatic rings. The largest absolute Gasteiger partial charge is 0.415 e. The number of halogens is 3. The van der Waals surface area contributed by atoms with Crippen molar-refractivity contribution in [3.8, 4) is 0 Å². The average Bonchev–Trinajstić information content (AvgIpc) is 2.94. The monoisotopic (exact) mass is 335 g/mol. The normalized spacial score (nSPS) is 13.2. The highest BCUT2D eigenvalue weighted by Gasteiger charge is 2.43. The minimum absolute atomic E-state index is 0.163. The minimum atomic E-state index is -4.58. The van der Waals surface area contributed by atoms with Gasteiger partial charge in [0.25, 0.3) is 0 Å². The average molecular weight is 335 g/mol. The molecule has 21 heavy (non-hydrogen) atoms. The molecule has 4 nitrogen and oxygen atoms in total. The van der Waals surface area contributed by atoms with Crippen molar-refractivity contribution in [2.75, 3.05) is 0 Å². The Kier molecular flexibility index (Phi) is 4.62. The molecule has 1 atom stereocenters. The molecule has 0 bridgehead atoms. The molecule has 2 heterocycles. The van der Waals surface area contributed by atoms with Crippen LogP contribution in [0.2, 0.25) is 0 Å². The second-order valence-corrected chi connectivity index (χ2v) is 6.62. The van der Waals surface area contributed by atoms with E-state index in [-0.39, 0.29) is 11.4 Å². The van der Waals surface area contributed by atoms with E-state index in [2.05, 4.69) is 9.97 Å². The summed E-state index contributed by atoms with van der Waals surface area (Å²) in [5.41, 5.74) is 0.494. The maximum Gasteiger partial charge on any atom is 0.415 e. The van der Waals surface area contributed by atoms with E-state index in [1.54, 1.807) is 13.1 Å². The number of nitrogens with one attached hydrogen (secondary N) is 1. The number of thiazole rings is 2. The zero-order chi connectivity index (χ0) is 15.6. The first-order chi connectivity index (χ1) is 9.75. The summed E-state index contributed by atoms with van der Waals surface area (Å²) in [5, 5.41) is 3.84. The van der Waals surface area contributed by atoms with Crippen LogP contribution in [0, 0.1) is 13.8 Å². The summed E-state index contributed by atoms with van der Waals surface area (Å²) in [4.78, 5) is 20.5. The van der Waals surface area contributed by atoms with Gasteiger partial charge in [0.2, 0.25) is 5.91 Å². The number of hydrogen-bond acceptors (Lipinski definition) is 5. The van der Waals surface area contributed by atoms with E-state index in [0.29, 0.717) is 10.7 Å². The first-order valence-corrected chi connectivity index (χ1v) is 7.64. The van der Waals surface area contributed by atoms with Crippen molar-refractivity contribution in [1.82, 2.24) is 15.3 Å². The molecule has 9 heteroatoms. The molecule has 1 unspecified atom stereocenters. The number of carbonyl (C=O) groups excluding carboxylic acids is 1. The first-order valence-electron chi connectivity index (χ1n) is 5.95. The predicted octanol–water partition coefficient (Wildman–Crippen LogP) is 3.18. The van der Waals surface area contributed by atoms with Crippen molar-refractivity contribution >= 4 is 28.6 Å². The molecule has 0 saturated carbocycles. The summed E-state index contributed by atoms with van der Waals surface area (Å²) >= 11 is 2.16. The van der Waals surface area contributed by atoms with E-state index >= 15 is 0 Å². The third-order valence-corrected chi connectivity index (χ3v) is 4.44. The maximum absolute atomic E-state index is 13.1. The fraction of sp³-hybridized carbons (Fsp3) is 0.417. The van der Waals surface area contributed by atoms with Crippen LogP contribution in [0.3, 0.4) is 0 Å². The molecule has 0 fully saturated rings. The van der Waals surface area contributed by atoms with E-state index in [1.807, 2.05) is 12.2 Å². The van der Waals surface area contributed by atoms with Crippen LogP contribution >= 0.6 is 22.7 Å². The molecular formula is C12H12F3N3OS2. The van der Waals surface area contributed by atoms with Gasteiger partial charge in [-0.15, -0.1) is 22.7 Å². The smallest absolute Gasteiger partial charge is 0.339 e. The molecule has 0 aromatic carbocycles. The van der Waals surface area contributed by atoms with E-state index in [4.69, 9.17) is 0 Å². The highest BCUT2D eigenvalue weighted by molar-refractivity contribution is 7.11. The first kappa shape index (κ1) is 15.9. The van der Waals surface area contributed by atoms with Gasteiger partial charge in [-0.3, -0.25) is 4.79 Å². The van der Waals surface area contributed by atoms with Crippen molar-refractivity contribution in [3.63, 3.8) is 0 Å². The fourth-order valence-electron chi connectivity index (χ4n) is 1.62. The number of rotatable bonds is 4. The number of nitrogens with zero attached hydrogens (tertiary/aromatic N) is 2. The van der Waals surface area contributed by atoms with Crippen LogP contribution < -0.4 is 5.32 Å². The van der Waals surface area contributed by atoms with Crippen LogP contribution in [0.25, 0.3) is 0 Å². The summed E-state index contributed by atoms with van der Waals surface area (Å²) in [5.74, 6) is -0.723. The lowest BCUT2D eigenvalue weighted by Crippen LogP contribution is -2.38. The Morgan fingerprint density at radius 1 is 1.43 bits per heavy atom. The van der Waals surface area contributed by atoms with Crippen LogP contribution in [-0.2, 0) is 11.2 Å². The molecule has 0 saturated heterocycles. The third-order valence-electron chi connectivity index (χ3n) is 2.50. The van der Waals surface area contributed by atoms with Gasteiger partial charge in [-0.1, -0.05) is 0 Å². The lowest BCUT2D eigenvalue weighted by molar-refractivity contribution is -0.163. The van der Waals surface area contributed by atoms with Gasteiger partial charge in [-0.2, -0.15) is 13.2 Å². The van der Waals surface area contributed by atoms with E-state index in [1.165, 1.54) is 16.7 Å². The molecule has 2 rings (SSSR count). The number of aryl methyl sites for hydroxylation is 2. The van der Waals surface area contributed by atoms with Crippen molar-refractivity contribution in [3.05, 3.63) is 32.2 Å². The van der Waals surface area contributed by atoms with Crippen LogP contribution in [0.1, 0.15) is 26.6 Å². The Morgan fingerprint density at radius 2 is 2.14 bits per heavy atom. The lowest BCUT2D eigenvalue weighted by Gasteiger charge is -2.19. The van der Waals surface area contributed by atoms with Gasteiger partial charge in [-0.05, 0) is 13.8 Å². The quantitative estimate of drug-likeness (QED) is 0.934. The van der Waals surface area contributed by atoms with Crippen molar-refractivity contribution in [2.45, 2.75) is 32.5 Å². The molecule has 0 radical (unpaired) electrons. The topological polar surface area (TPSA) is 54.9 Å². The molecule has 114 valence electrons. The van der Waals surface area contributed by atoms with Gasteiger partial charge in [0, 0.05) is 22.1 Å². The second kappa shape index (κ2) is 6.10. The number of amides is 1. The second-order valence-electron chi connectivity index (χ2n) is 4.41. The van der Waals surface area contributed by atoms with E-state index < -0.39 is 18.1 Å². The minimum Gasteiger partial charge on any atom is -0.339 e. The van der Waals surface area contributed by atoms with Crippen LogP contribution in [0.4, 0.5) is 13.2 Å². The molecule has 0 spiro atoms. The maximum atomic E-state index is 13.1. The lowest BCUT2D eigenvalue weighted by atomic mass is 10.2. The third kappa shape index (κ3) is 4.24. The molecule has 2 aromatic heterocycles. The van der Waals surface area contributed by atoms with Gasteiger partial charge >= 0.3 is 6.18 Å². The fourth-order valence-corrected chi connectivity index (χ4v) is 3.28. The number of carbonyl (C=O) groups is 1. The van der Waals surface area contributed by atoms with E-state index in [9.17, 15) is 18.0 Å². The Balaban J connectivity index is 2.10. The summed E-state index contributed by atoms with van der Waals surface area (Å²) in [6, 6.07) is -2.08. The summed E-state index contributed by atoms with van der Waals surface area (Å²) in [7, 11) is 0. The van der Waals surface area contributed by atoms with Crippen LogP contribution in [-0.4, -0.2) is 22.1 Å². The van der Waals surface area contributed by atoms with Crippen LogP contribution in [0.5, 0.6) is 0 Å². The van der Waals surface area contributed by atoms with Gasteiger partial charge in [0.05, 0.1) is 6.42 Å². The zero-order valence-corrected chi connectivity index (χ0v) is 12.8. The Bertz CT molecular complexity index is 636. The summed E-state index contributed by atoms with van der Waals surface area (Å²) < 4.78 is 39.2. The molecule has 0 aliphatic carbocycles. The predicted molar refractivity (Wildman–Crippen MR) is 74.3 cm³/mol. The number of aromatic nitrogens is 2. The molecule has 1 N–H and O–H groups in total. The van der Waals surface area contributed by atoms with Crippen molar-refractivity contribution < 1.29 is 18.0 Å². The van der Waals surface area contributed by atoms with Crippen molar-refractivity contribution in [1.29, 1.82) is 0 Å². The Hall–Kier alpha value is -1.48. The van der Waals surface area contributed by atoms with Crippen LogP contribution in [0.15, 0.2) is 11.6 Å². The summed E-state index contributed by atoms with van der Waals surface area (Å²) in [6.07, 6.45) is -3.17. The van der Waals surface area contributed by atoms with Gasteiger partial charge < -0.3 is 5.32 Å². The summed E-state index contributed by atoms with van der Waals surface area (Å²) in [6.45, 7) is 3.42. The molecular weight excluding hydrogens is 323 g/mol. The Labute approximate surface area is 127 Å². The van der Waals surface area contributed by atoms with E-state index in [0.717, 1.165) is 16.2 Å². The molecule has 0 aliphatic rings. The molecule has 1 amide bonds. The van der Waals surface area contributed by atoms with Gasteiger partial charge in [0.1, 0.15) is 10.0 Å². The highest BCUT2D eigenvalue weighted by Crippen LogP contribution is 2.34. The number of alkyl halides is 3. The standard InChI is InChI=1S/C12H12F3N3OS2/c1-6-5-20-11(17-6)10(12(13,14)15)18-8(19)3-9-16-4-7(2)21-9/h4-5,10H,3H2,1-2H3,(H,18,19). The number of hydrogen-bond donors (Lipinski definition) is 1. The van der Waals surface area contributed by atoms with Crippen molar-refractivity contribution in [2.24, 2.45) is 0 Å². The SMILES string of the molecule is Cc1csc(C(NC(=O)Cc2ncc(C)s2)C(F)(F)F)n1. The van der Waals surface area contributed by atoms with Gasteiger partial charge in [-0.25, -0.2) is 9.97 Å².